The predicted octanol–water partition coefficient (Wildman–Crippen LogP) is 4.02. The maximum absolute atomic E-state index is 5.09. The standard InChI is InChI=1S/C12H8N2S2/c15-11-7-13-6-10(14-11)9-3-1-2-8-4-5-16-12(8)9/h1-7H,(H,14,15). The van der Waals surface area contributed by atoms with Crippen LogP contribution in [0.3, 0.4) is 0 Å². The van der Waals surface area contributed by atoms with Crippen LogP contribution >= 0.6 is 23.6 Å². The second-order valence-corrected chi connectivity index (χ2v) is 4.81. The highest BCUT2D eigenvalue weighted by Crippen LogP contribution is 2.30. The number of hydrogen-bond acceptors (Lipinski definition) is 3. The molecule has 0 atom stereocenters. The van der Waals surface area contributed by atoms with Gasteiger partial charge in [0.1, 0.15) is 4.64 Å². The molecule has 1 aromatic carbocycles. The van der Waals surface area contributed by atoms with Crippen LogP contribution in [0.1, 0.15) is 0 Å². The van der Waals surface area contributed by atoms with E-state index in [1.807, 2.05) is 12.3 Å². The zero-order valence-electron chi connectivity index (χ0n) is 8.31. The fraction of sp³-hybridized carbons (Fsp3) is 0. The van der Waals surface area contributed by atoms with Gasteiger partial charge in [-0.25, -0.2) is 0 Å². The molecule has 0 spiro atoms. The maximum atomic E-state index is 5.09. The van der Waals surface area contributed by atoms with Crippen molar-refractivity contribution in [2.24, 2.45) is 0 Å². The molecule has 2 aromatic heterocycles. The van der Waals surface area contributed by atoms with Gasteiger partial charge in [-0.3, -0.25) is 4.98 Å². The molecular weight excluding hydrogens is 236 g/mol. The van der Waals surface area contributed by atoms with E-state index in [2.05, 4.69) is 33.5 Å². The maximum Gasteiger partial charge on any atom is 0.122 e. The van der Waals surface area contributed by atoms with E-state index in [0.717, 1.165) is 11.3 Å². The summed E-state index contributed by atoms with van der Waals surface area (Å²) in [6.45, 7) is 0. The number of rotatable bonds is 1. The molecule has 0 bridgehead atoms. The topological polar surface area (TPSA) is 28.7 Å². The van der Waals surface area contributed by atoms with Gasteiger partial charge in [-0.15, -0.1) is 11.3 Å². The lowest BCUT2D eigenvalue weighted by Gasteiger charge is -2.02. The molecule has 0 fully saturated rings. The first-order valence-electron chi connectivity index (χ1n) is 4.85. The summed E-state index contributed by atoms with van der Waals surface area (Å²) in [5.41, 5.74) is 2.13. The van der Waals surface area contributed by atoms with Crippen molar-refractivity contribution in [3.05, 3.63) is 46.7 Å². The molecule has 3 rings (SSSR count). The molecule has 3 aromatic rings. The second-order valence-electron chi connectivity index (χ2n) is 3.45. The average Bonchev–Trinajstić information content (AvgIpc) is 2.76. The van der Waals surface area contributed by atoms with Gasteiger partial charge in [0.05, 0.1) is 18.1 Å². The fourth-order valence-corrected chi connectivity index (χ4v) is 2.82. The minimum Gasteiger partial charge on any atom is -0.344 e. The van der Waals surface area contributed by atoms with Gasteiger partial charge in [0, 0.05) is 10.3 Å². The molecule has 2 heterocycles. The van der Waals surface area contributed by atoms with E-state index in [1.165, 1.54) is 10.1 Å². The van der Waals surface area contributed by atoms with Crippen LogP contribution in [0.4, 0.5) is 0 Å². The Kier molecular flexibility index (Phi) is 2.31. The number of hydrogen-bond donors (Lipinski definition) is 1. The Bertz CT molecular complexity index is 697. The number of aromatic amines is 1. The number of nitrogens with zero attached hydrogens (tertiary/aromatic N) is 1. The Hall–Kier alpha value is -1.52. The fourth-order valence-electron chi connectivity index (χ4n) is 1.72. The average molecular weight is 244 g/mol. The molecular formula is C12H8N2S2. The number of thiophene rings is 1. The minimum atomic E-state index is 0.658. The summed E-state index contributed by atoms with van der Waals surface area (Å²) in [4.78, 5) is 7.29. The normalized spacial score (nSPS) is 10.8. The first-order valence-corrected chi connectivity index (χ1v) is 6.14. The Morgan fingerprint density at radius 2 is 2.12 bits per heavy atom. The van der Waals surface area contributed by atoms with Gasteiger partial charge in [0.15, 0.2) is 0 Å². The van der Waals surface area contributed by atoms with E-state index in [9.17, 15) is 0 Å². The molecule has 0 amide bonds. The third kappa shape index (κ3) is 1.56. The minimum absolute atomic E-state index is 0.658. The first kappa shape index (κ1) is 9.69. The van der Waals surface area contributed by atoms with Gasteiger partial charge in [0.25, 0.3) is 0 Å². The smallest absolute Gasteiger partial charge is 0.122 e. The van der Waals surface area contributed by atoms with E-state index in [0.29, 0.717) is 4.64 Å². The molecule has 16 heavy (non-hydrogen) atoms. The van der Waals surface area contributed by atoms with Crippen LogP contribution in [-0.4, -0.2) is 9.97 Å². The quantitative estimate of drug-likeness (QED) is 0.655. The van der Waals surface area contributed by atoms with Crippen LogP contribution in [0.5, 0.6) is 0 Å². The van der Waals surface area contributed by atoms with E-state index < -0.39 is 0 Å². The zero-order valence-corrected chi connectivity index (χ0v) is 9.94. The summed E-state index contributed by atoms with van der Waals surface area (Å²) in [5, 5.41) is 3.35. The van der Waals surface area contributed by atoms with Crippen molar-refractivity contribution in [2.45, 2.75) is 0 Å². The molecule has 0 saturated carbocycles. The third-order valence-electron chi connectivity index (χ3n) is 2.42. The zero-order chi connectivity index (χ0) is 11.0. The lowest BCUT2D eigenvalue weighted by molar-refractivity contribution is 1.19. The highest BCUT2D eigenvalue weighted by atomic mass is 32.1. The molecule has 0 saturated heterocycles. The van der Waals surface area contributed by atoms with Gasteiger partial charge < -0.3 is 4.98 Å². The van der Waals surface area contributed by atoms with Crippen LogP contribution in [0.15, 0.2) is 42.0 Å². The molecule has 4 heteroatoms. The van der Waals surface area contributed by atoms with Crippen molar-refractivity contribution in [3.8, 4) is 11.3 Å². The lowest BCUT2D eigenvalue weighted by Crippen LogP contribution is -1.85. The molecule has 78 valence electrons. The lowest BCUT2D eigenvalue weighted by atomic mass is 10.1. The molecule has 2 nitrogen and oxygen atoms in total. The third-order valence-corrected chi connectivity index (χ3v) is 3.59. The summed E-state index contributed by atoms with van der Waals surface area (Å²) < 4.78 is 1.92. The van der Waals surface area contributed by atoms with Crippen LogP contribution in [0.2, 0.25) is 0 Å². The van der Waals surface area contributed by atoms with E-state index in [4.69, 9.17) is 12.2 Å². The van der Waals surface area contributed by atoms with Crippen LogP contribution in [0.25, 0.3) is 21.3 Å². The summed E-state index contributed by atoms with van der Waals surface area (Å²) in [6.07, 6.45) is 3.46. The predicted molar refractivity (Wildman–Crippen MR) is 70.2 cm³/mol. The van der Waals surface area contributed by atoms with Gasteiger partial charge >= 0.3 is 0 Å². The van der Waals surface area contributed by atoms with Gasteiger partial charge in [-0.1, -0.05) is 30.4 Å². The van der Waals surface area contributed by atoms with Crippen molar-refractivity contribution >= 4 is 33.6 Å². The number of fused-ring (bicyclic) bond motifs is 1. The van der Waals surface area contributed by atoms with Crippen molar-refractivity contribution < 1.29 is 0 Å². The summed E-state index contributed by atoms with van der Waals surface area (Å²) in [7, 11) is 0. The molecule has 0 aliphatic heterocycles. The Morgan fingerprint density at radius 3 is 3.00 bits per heavy atom. The molecule has 0 aliphatic rings. The molecule has 0 unspecified atom stereocenters. The van der Waals surface area contributed by atoms with Crippen molar-refractivity contribution in [3.63, 3.8) is 0 Å². The van der Waals surface area contributed by atoms with Gasteiger partial charge in [-0.05, 0) is 16.8 Å². The van der Waals surface area contributed by atoms with Crippen LogP contribution in [0, 0.1) is 4.64 Å². The number of benzene rings is 1. The number of nitrogens with one attached hydrogen (secondary N) is 1. The number of H-pyrrole nitrogens is 1. The van der Waals surface area contributed by atoms with E-state index in [-0.39, 0.29) is 0 Å². The van der Waals surface area contributed by atoms with E-state index in [1.54, 1.807) is 17.5 Å². The van der Waals surface area contributed by atoms with Gasteiger partial charge in [-0.2, -0.15) is 0 Å². The van der Waals surface area contributed by atoms with Crippen molar-refractivity contribution in [1.82, 2.24) is 9.97 Å². The SMILES string of the molecule is S=c1cncc(-c2cccc3ccsc23)[nH]1. The number of aromatic nitrogens is 2. The highest BCUT2D eigenvalue weighted by Gasteiger charge is 2.04. The Morgan fingerprint density at radius 1 is 1.19 bits per heavy atom. The second kappa shape index (κ2) is 3.81. The Balaban J connectivity index is 2.33. The monoisotopic (exact) mass is 244 g/mol. The summed E-state index contributed by atoms with van der Waals surface area (Å²) >= 11 is 6.82. The molecule has 0 aliphatic carbocycles. The van der Waals surface area contributed by atoms with Crippen molar-refractivity contribution in [1.29, 1.82) is 0 Å². The summed E-state index contributed by atoms with van der Waals surface area (Å²) in [6, 6.07) is 8.37. The first-order chi connectivity index (χ1) is 7.84. The highest BCUT2D eigenvalue weighted by molar-refractivity contribution is 7.71. The van der Waals surface area contributed by atoms with Crippen LogP contribution < -0.4 is 0 Å². The van der Waals surface area contributed by atoms with Crippen LogP contribution in [-0.2, 0) is 0 Å². The van der Waals surface area contributed by atoms with E-state index >= 15 is 0 Å². The van der Waals surface area contributed by atoms with Gasteiger partial charge in [0.2, 0.25) is 0 Å². The largest absolute Gasteiger partial charge is 0.344 e. The molecule has 1 N–H and O–H groups in total. The molecule has 0 radical (unpaired) electrons. The summed E-state index contributed by atoms with van der Waals surface area (Å²) in [5.74, 6) is 0. The van der Waals surface area contributed by atoms with Crippen molar-refractivity contribution in [2.75, 3.05) is 0 Å². The Labute approximate surface area is 102 Å².